The van der Waals surface area contributed by atoms with E-state index in [0.29, 0.717) is 10.8 Å². The van der Waals surface area contributed by atoms with Crippen molar-refractivity contribution in [2.75, 3.05) is 12.4 Å². The lowest BCUT2D eigenvalue weighted by Gasteiger charge is -2.12. The quantitative estimate of drug-likeness (QED) is 0.779. The van der Waals surface area contributed by atoms with Crippen molar-refractivity contribution < 1.29 is 9.59 Å². The zero-order valence-electron chi connectivity index (χ0n) is 8.61. The average molecular weight is 240 g/mol. The highest BCUT2D eigenvalue weighted by Crippen LogP contribution is 2.21. The minimum absolute atomic E-state index is 0.141. The predicted octanol–water partition coefficient (Wildman–Crippen LogP) is 0.904. The van der Waals surface area contributed by atoms with Crippen molar-refractivity contribution >= 4 is 29.2 Å². The first kappa shape index (κ1) is 10.9. The second kappa shape index (κ2) is 4.09. The minimum atomic E-state index is -0.565. The lowest BCUT2D eigenvalue weighted by molar-refractivity contribution is -0.136. The summed E-state index contributed by atoms with van der Waals surface area (Å²) in [6, 6.07) is 2.80. The van der Waals surface area contributed by atoms with E-state index >= 15 is 0 Å². The van der Waals surface area contributed by atoms with E-state index in [9.17, 15) is 9.59 Å². The van der Waals surface area contributed by atoms with E-state index in [2.05, 4.69) is 10.3 Å². The van der Waals surface area contributed by atoms with Crippen LogP contribution in [0.5, 0.6) is 0 Å². The first-order chi connectivity index (χ1) is 7.59. The van der Waals surface area contributed by atoms with E-state index in [4.69, 9.17) is 11.6 Å². The van der Waals surface area contributed by atoms with E-state index in [1.807, 2.05) is 0 Å². The van der Waals surface area contributed by atoms with Crippen LogP contribution in [0.15, 0.2) is 18.3 Å². The molecule has 2 rings (SSSR count). The maximum atomic E-state index is 11.6. The SMILES string of the molecule is CN1C(=O)CC(Nc2ncccc2Cl)C1=O. The molecule has 0 saturated carbocycles. The van der Waals surface area contributed by atoms with Gasteiger partial charge in [0.05, 0.1) is 11.4 Å². The summed E-state index contributed by atoms with van der Waals surface area (Å²) in [5, 5.41) is 3.29. The van der Waals surface area contributed by atoms with Gasteiger partial charge in [-0.3, -0.25) is 14.5 Å². The van der Waals surface area contributed by atoms with Crippen LogP contribution in [0.3, 0.4) is 0 Å². The van der Waals surface area contributed by atoms with Crippen LogP contribution in [-0.2, 0) is 9.59 Å². The van der Waals surface area contributed by atoms with E-state index in [1.165, 1.54) is 7.05 Å². The van der Waals surface area contributed by atoms with Gasteiger partial charge in [0.2, 0.25) is 5.91 Å². The Kier molecular flexibility index (Phi) is 2.78. The predicted molar refractivity (Wildman–Crippen MR) is 59.1 cm³/mol. The van der Waals surface area contributed by atoms with Crippen molar-refractivity contribution in [3.8, 4) is 0 Å². The third kappa shape index (κ3) is 1.86. The Bertz CT molecular complexity index is 449. The lowest BCUT2D eigenvalue weighted by atomic mass is 10.2. The largest absolute Gasteiger partial charge is 0.357 e. The maximum Gasteiger partial charge on any atom is 0.251 e. The molecular weight excluding hydrogens is 230 g/mol. The minimum Gasteiger partial charge on any atom is -0.357 e. The fraction of sp³-hybridized carbons (Fsp3) is 0.300. The molecule has 1 fully saturated rings. The van der Waals surface area contributed by atoms with Crippen LogP contribution >= 0.6 is 11.6 Å². The smallest absolute Gasteiger partial charge is 0.251 e. The molecule has 2 amide bonds. The number of hydrogen-bond acceptors (Lipinski definition) is 4. The number of imide groups is 1. The number of pyridine rings is 1. The molecule has 0 radical (unpaired) electrons. The summed E-state index contributed by atoms with van der Waals surface area (Å²) in [6.45, 7) is 0. The third-order valence-corrected chi connectivity index (χ3v) is 2.76. The summed E-state index contributed by atoms with van der Waals surface area (Å²) < 4.78 is 0. The Morgan fingerprint density at radius 3 is 2.88 bits per heavy atom. The number of anilines is 1. The average Bonchev–Trinajstić information content (AvgIpc) is 2.50. The van der Waals surface area contributed by atoms with Crippen LogP contribution in [0.2, 0.25) is 5.02 Å². The Hall–Kier alpha value is -1.62. The molecule has 0 spiro atoms. The number of nitrogens with one attached hydrogen (secondary N) is 1. The van der Waals surface area contributed by atoms with E-state index in [-0.39, 0.29) is 18.2 Å². The van der Waals surface area contributed by atoms with Gasteiger partial charge < -0.3 is 5.32 Å². The number of hydrogen-bond donors (Lipinski definition) is 1. The number of carbonyl (C=O) groups excluding carboxylic acids is 2. The van der Waals surface area contributed by atoms with Gasteiger partial charge in [0, 0.05) is 13.2 Å². The molecule has 5 nitrogen and oxygen atoms in total. The molecule has 1 saturated heterocycles. The Balaban J connectivity index is 2.15. The number of likely N-dealkylation sites (N-methyl/N-ethyl adjacent to an activating group) is 1. The number of amides is 2. The van der Waals surface area contributed by atoms with E-state index in [1.54, 1.807) is 18.3 Å². The van der Waals surface area contributed by atoms with Gasteiger partial charge in [-0.1, -0.05) is 11.6 Å². The van der Waals surface area contributed by atoms with Gasteiger partial charge in [-0.15, -0.1) is 0 Å². The molecule has 1 unspecified atom stereocenters. The summed E-state index contributed by atoms with van der Waals surface area (Å²) in [5.41, 5.74) is 0. The summed E-state index contributed by atoms with van der Waals surface area (Å²) in [7, 11) is 1.46. The Labute approximate surface area is 97.4 Å². The molecule has 0 aromatic carbocycles. The van der Waals surface area contributed by atoms with Gasteiger partial charge in [-0.25, -0.2) is 4.98 Å². The number of carbonyl (C=O) groups is 2. The highest BCUT2D eigenvalue weighted by Gasteiger charge is 2.36. The fourth-order valence-electron chi connectivity index (χ4n) is 1.53. The van der Waals surface area contributed by atoms with Gasteiger partial charge in [-0.2, -0.15) is 0 Å². The molecule has 1 aromatic rings. The number of halogens is 1. The zero-order chi connectivity index (χ0) is 11.7. The van der Waals surface area contributed by atoms with Crippen LogP contribution in [0, 0.1) is 0 Å². The van der Waals surface area contributed by atoms with Crippen LogP contribution in [-0.4, -0.2) is 34.8 Å². The number of rotatable bonds is 2. The van der Waals surface area contributed by atoms with Gasteiger partial charge in [0.25, 0.3) is 5.91 Å². The van der Waals surface area contributed by atoms with Crippen LogP contribution in [0.1, 0.15) is 6.42 Å². The van der Waals surface area contributed by atoms with Gasteiger partial charge in [0.15, 0.2) is 0 Å². The van der Waals surface area contributed by atoms with E-state index in [0.717, 1.165) is 4.90 Å². The van der Waals surface area contributed by atoms with Gasteiger partial charge >= 0.3 is 0 Å². The molecule has 2 heterocycles. The van der Waals surface area contributed by atoms with Crippen molar-refractivity contribution in [2.45, 2.75) is 12.5 Å². The summed E-state index contributed by atoms with van der Waals surface area (Å²) in [5.74, 6) is -0.0353. The van der Waals surface area contributed by atoms with Gasteiger partial charge in [0.1, 0.15) is 11.9 Å². The Morgan fingerprint density at radius 1 is 1.56 bits per heavy atom. The van der Waals surface area contributed by atoms with Crippen molar-refractivity contribution in [3.63, 3.8) is 0 Å². The monoisotopic (exact) mass is 239 g/mol. The van der Waals surface area contributed by atoms with Crippen molar-refractivity contribution in [1.29, 1.82) is 0 Å². The van der Waals surface area contributed by atoms with Crippen molar-refractivity contribution in [2.24, 2.45) is 0 Å². The summed E-state index contributed by atoms with van der Waals surface area (Å²) in [6.07, 6.45) is 1.71. The fourth-order valence-corrected chi connectivity index (χ4v) is 1.70. The highest BCUT2D eigenvalue weighted by atomic mass is 35.5. The molecule has 84 valence electrons. The molecule has 1 atom stereocenters. The molecule has 6 heteroatoms. The molecule has 1 aromatic heterocycles. The summed E-state index contributed by atoms with van der Waals surface area (Å²) in [4.78, 5) is 28.0. The lowest BCUT2D eigenvalue weighted by Crippen LogP contribution is -2.32. The molecule has 1 aliphatic rings. The maximum absolute atomic E-state index is 11.6. The first-order valence-electron chi connectivity index (χ1n) is 4.77. The van der Waals surface area contributed by atoms with Crippen LogP contribution < -0.4 is 5.32 Å². The molecule has 0 bridgehead atoms. The molecule has 1 N–H and O–H groups in total. The second-order valence-corrected chi connectivity index (χ2v) is 3.93. The molecule has 0 aliphatic carbocycles. The third-order valence-electron chi connectivity index (χ3n) is 2.45. The standard InChI is InChI=1S/C10H10ClN3O2/c1-14-8(15)5-7(10(14)16)13-9-6(11)3-2-4-12-9/h2-4,7H,5H2,1H3,(H,12,13). The van der Waals surface area contributed by atoms with Gasteiger partial charge in [-0.05, 0) is 12.1 Å². The molecular formula is C10H10ClN3O2. The normalized spacial score (nSPS) is 20.4. The molecule has 1 aliphatic heterocycles. The topological polar surface area (TPSA) is 62.3 Å². The number of aromatic nitrogens is 1. The van der Waals surface area contributed by atoms with Crippen molar-refractivity contribution in [3.05, 3.63) is 23.4 Å². The number of nitrogens with zero attached hydrogens (tertiary/aromatic N) is 2. The Morgan fingerprint density at radius 2 is 2.31 bits per heavy atom. The zero-order valence-corrected chi connectivity index (χ0v) is 9.36. The van der Waals surface area contributed by atoms with E-state index < -0.39 is 6.04 Å². The number of likely N-dealkylation sites (tertiary alicyclic amines) is 1. The summed E-state index contributed by atoms with van der Waals surface area (Å²) >= 11 is 5.89. The van der Waals surface area contributed by atoms with Crippen LogP contribution in [0.4, 0.5) is 5.82 Å². The molecule has 16 heavy (non-hydrogen) atoms. The van der Waals surface area contributed by atoms with Crippen molar-refractivity contribution in [1.82, 2.24) is 9.88 Å². The first-order valence-corrected chi connectivity index (χ1v) is 5.15. The highest BCUT2D eigenvalue weighted by molar-refractivity contribution is 6.33. The van der Waals surface area contributed by atoms with Crippen LogP contribution in [0.25, 0.3) is 0 Å². The second-order valence-electron chi connectivity index (χ2n) is 3.53.